The fourth-order valence-corrected chi connectivity index (χ4v) is 3.37. The van der Waals surface area contributed by atoms with Crippen LogP contribution in [0.5, 0.6) is 5.75 Å². The molecule has 0 unspecified atom stereocenters. The van der Waals surface area contributed by atoms with Crippen molar-refractivity contribution in [1.82, 2.24) is 20.6 Å². The molecule has 174 valence electrons. The number of hydrogen-bond acceptors (Lipinski definition) is 5. The van der Waals surface area contributed by atoms with Crippen LogP contribution < -0.4 is 15.6 Å². The van der Waals surface area contributed by atoms with E-state index in [0.29, 0.717) is 22.9 Å². The van der Waals surface area contributed by atoms with E-state index in [9.17, 15) is 14.0 Å². The predicted molar refractivity (Wildman–Crippen MR) is 122 cm³/mol. The van der Waals surface area contributed by atoms with Crippen molar-refractivity contribution in [2.45, 2.75) is 26.4 Å². The standard InChI is InChI=1S/C25H23FN4O4/c1-16(2)23-21(14-27-30(23)18-10-8-17(26)9-11-18)24(31)28-29-25(32)22-13-12-20(34-22)15-33-19-6-4-3-5-7-19/h3-14,16H,15H2,1-2H3,(H,28,31)(H,29,32). The average Bonchev–Trinajstić information content (AvgIpc) is 3.50. The van der Waals surface area contributed by atoms with Crippen molar-refractivity contribution >= 4 is 11.8 Å². The third-order valence-electron chi connectivity index (χ3n) is 4.97. The van der Waals surface area contributed by atoms with Gasteiger partial charge >= 0.3 is 5.91 Å². The van der Waals surface area contributed by atoms with E-state index in [2.05, 4.69) is 16.0 Å². The summed E-state index contributed by atoms with van der Waals surface area (Å²) in [5.74, 6) is -0.419. The lowest BCUT2D eigenvalue weighted by Gasteiger charge is -2.13. The van der Waals surface area contributed by atoms with Crippen LogP contribution in [0, 0.1) is 5.82 Å². The summed E-state index contributed by atoms with van der Waals surface area (Å²) < 4.78 is 26.0. The first-order valence-corrected chi connectivity index (χ1v) is 10.6. The summed E-state index contributed by atoms with van der Waals surface area (Å²) in [7, 11) is 0. The highest BCUT2D eigenvalue weighted by atomic mass is 19.1. The van der Waals surface area contributed by atoms with E-state index in [1.54, 1.807) is 22.9 Å². The lowest BCUT2D eigenvalue weighted by Crippen LogP contribution is -2.41. The number of hydrazine groups is 1. The van der Waals surface area contributed by atoms with Gasteiger partial charge in [0.1, 0.15) is 23.9 Å². The van der Waals surface area contributed by atoms with Crippen LogP contribution in [-0.4, -0.2) is 21.6 Å². The van der Waals surface area contributed by atoms with Crippen molar-refractivity contribution in [3.63, 3.8) is 0 Å². The van der Waals surface area contributed by atoms with E-state index >= 15 is 0 Å². The largest absolute Gasteiger partial charge is 0.486 e. The second kappa shape index (κ2) is 10.0. The number of carbonyl (C=O) groups excluding carboxylic acids is 2. The quantitative estimate of drug-likeness (QED) is 0.397. The van der Waals surface area contributed by atoms with Crippen molar-refractivity contribution in [1.29, 1.82) is 0 Å². The Morgan fingerprint density at radius 2 is 1.71 bits per heavy atom. The number of rotatable bonds is 7. The molecule has 0 spiro atoms. The van der Waals surface area contributed by atoms with Crippen LogP contribution in [0.15, 0.2) is 77.3 Å². The monoisotopic (exact) mass is 462 g/mol. The van der Waals surface area contributed by atoms with Gasteiger partial charge < -0.3 is 9.15 Å². The summed E-state index contributed by atoms with van der Waals surface area (Å²) in [5.41, 5.74) is 6.27. The molecule has 2 heterocycles. The number of nitrogens with one attached hydrogen (secondary N) is 2. The molecule has 0 aliphatic carbocycles. The summed E-state index contributed by atoms with van der Waals surface area (Å²) in [6.07, 6.45) is 1.41. The third-order valence-corrected chi connectivity index (χ3v) is 4.97. The number of hydrogen-bond donors (Lipinski definition) is 2. The maximum Gasteiger partial charge on any atom is 0.305 e. The molecule has 9 heteroatoms. The van der Waals surface area contributed by atoms with E-state index in [1.807, 2.05) is 44.2 Å². The second-order valence-electron chi connectivity index (χ2n) is 7.76. The van der Waals surface area contributed by atoms with Gasteiger partial charge in [-0.1, -0.05) is 32.0 Å². The topological polar surface area (TPSA) is 98.4 Å². The Bertz CT molecular complexity index is 1280. The van der Waals surface area contributed by atoms with Gasteiger partial charge in [0.05, 0.1) is 23.1 Å². The highest BCUT2D eigenvalue weighted by Gasteiger charge is 2.22. The predicted octanol–water partition coefficient (Wildman–Crippen LogP) is 4.38. The molecule has 34 heavy (non-hydrogen) atoms. The smallest absolute Gasteiger partial charge is 0.305 e. The molecule has 2 amide bonds. The van der Waals surface area contributed by atoms with Crippen LogP contribution in [0.1, 0.15) is 52.1 Å². The molecule has 0 aliphatic rings. The van der Waals surface area contributed by atoms with Crippen molar-refractivity contribution in [3.8, 4) is 11.4 Å². The number of amides is 2. The van der Waals surface area contributed by atoms with Gasteiger partial charge in [-0.05, 0) is 54.4 Å². The molecule has 0 radical (unpaired) electrons. The molecule has 2 N–H and O–H groups in total. The molecule has 0 fully saturated rings. The van der Waals surface area contributed by atoms with Gasteiger partial charge in [0.2, 0.25) is 0 Å². The molecule has 2 aromatic heterocycles. The van der Waals surface area contributed by atoms with E-state index in [1.165, 1.54) is 24.4 Å². The first-order valence-electron chi connectivity index (χ1n) is 10.6. The molecule has 8 nitrogen and oxygen atoms in total. The highest BCUT2D eigenvalue weighted by molar-refractivity contribution is 5.98. The van der Waals surface area contributed by atoms with Crippen LogP contribution in [0.3, 0.4) is 0 Å². The molecule has 2 aromatic carbocycles. The molecule has 4 rings (SSSR count). The number of nitrogens with zero attached hydrogens (tertiary/aromatic N) is 2. The minimum Gasteiger partial charge on any atom is -0.486 e. The Morgan fingerprint density at radius 3 is 2.41 bits per heavy atom. The summed E-state index contributed by atoms with van der Waals surface area (Å²) in [6, 6.07) is 18.1. The minimum absolute atomic E-state index is 0.0260. The van der Waals surface area contributed by atoms with Gasteiger partial charge in [-0.2, -0.15) is 5.10 Å². The van der Waals surface area contributed by atoms with E-state index in [4.69, 9.17) is 9.15 Å². The van der Waals surface area contributed by atoms with Gasteiger partial charge in [0, 0.05) is 0 Å². The number of carbonyl (C=O) groups is 2. The number of furan rings is 1. The highest BCUT2D eigenvalue weighted by Crippen LogP contribution is 2.23. The molecule has 0 saturated carbocycles. The maximum absolute atomic E-state index is 13.3. The summed E-state index contributed by atoms with van der Waals surface area (Å²) in [5, 5.41) is 4.28. The molecule has 4 aromatic rings. The lowest BCUT2D eigenvalue weighted by atomic mass is 10.1. The van der Waals surface area contributed by atoms with Crippen molar-refractivity contribution in [3.05, 3.63) is 102 Å². The van der Waals surface area contributed by atoms with Crippen molar-refractivity contribution in [2.75, 3.05) is 0 Å². The van der Waals surface area contributed by atoms with Crippen molar-refractivity contribution < 1.29 is 23.1 Å². The third kappa shape index (κ3) is 5.15. The number of para-hydroxylation sites is 1. The van der Waals surface area contributed by atoms with Gasteiger partial charge in [0.15, 0.2) is 5.76 Å². The number of aromatic nitrogens is 2. The molecule has 0 atom stereocenters. The van der Waals surface area contributed by atoms with E-state index in [0.717, 1.165) is 0 Å². The Morgan fingerprint density at radius 1 is 1.00 bits per heavy atom. The van der Waals surface area contributed by atoms with Crippen LogP contribution >= 0.6 is 0 Å². The zero-order valence-electron chi connectivity index (χ0n) is 18.6. The van der Waals surface area contributed by atoms with Crippen LogP contribution in [0.25, 0.3) is 5.69 Å². The van der Waals surface area contributed by atoms with Gasteiger partial charge in [-0.3, -0.25) is 20.4 Å². The van der Waals surface area contributed by atoms with E-state index in [-0.39, 0.29) is 29.7 Å². The molecule has 0 saturated heterocycles. The zero-order chi connectivity index (χ0) is 24.1. The van der Waals surface area contributed by atoms with Gasteiger partial charge in [-0.25, -0.2) is 9.07 Å². The van der Waals surface area contributed by atoms with Crippen LogP contribution in [-0.2, 0) is 6.61 Å². The SMILES string of the molecule is CC(C)c1c(C(=O)NNC(=O)c2ccc(COc3ccccc3)o2)cnn1-c1ccc(F)cc1. The summed E-state index contributed by atoms with van der Waals surface area (Å²) in [4.78, 5) is 25.2. The van der Waals surface area contributed by atoms with Crippen molar-refractivity contribution in [2.24, 2.45) is 0 Å². The number of ether oxygens (including phenoxy) is 1. The van der Waals surface area contributed by atoms with E-state index < -0.39 is 11.8 Å². The minimum atomic E-state index is -0.615. The Labute approximate surface area is 195 Å². The normalized spacial score (nSPS) is 10.8. The zero-order valence-corrected chi connectivity index (χ0v) is 18.6. The molecule has 0 bridgehead atoms. The average molecular weight is 462 g/mol. The lowest BCUT2D eigenvalue weighted by molar-refractivity contribution is 0.0828. The summed E-state index contributed by atoms with van der Waals surface area (Å²) >= 11 is 0. The second-order valence-corrected chi connectivity index (χ2v) is 7.76. The molecule has 0 aliphatic heterocycles. The Balaban J connectivity index is 1.39. The number of benzene rings is 2. The van der Waals surface area contributed by atoms with Crippen LogP contribution in [0.4, 0.5) is 4.39 Å². The molecular weight excluding hydrogens is 439 g/mol. The first-order chi connectivity index (χ1) is 16.4. The maximum atomic E-state index is 13.3. The van der Waals surface area contributed by atoms with Crippen LogP contribution in [0.2, 0.25) is 0 Å². The Kier molecular flexibility index (Phi) is 6.72. The van der Waals surface area contributed by atoms with Gasteiger partial charge in [0.25, 0.3) is 5.91 Å². The van der Waals surface area contributed by atoms with Gasteiger partial charge in [-0.15, -0.1) is 0 Å². The first kappa shape index (κ1) is 22.8. The fraction of sp³-hybridized carbons (Fsp3) is 0.160. The fourth-order valence-electron chi connectivity index (χ4n) is 3.37. The summed E-state index contributed by atoms with van der Waals surface area (Å²) in [6.45, 7) is 3.98. The number of halogens is 1. The Hall–Kier alpha value is -4.40. The molecular formula is C25H23FN4O4.